The number of anilines is 2. The molecule has 0 fully saturated rings. The van der Waals surface area contributed by atoms with Crippen LogP contribution in [0.25, 0.3) is 11.4 Å². The highest BCUT2D eigenvalue weighted by molar-refractivity contribution is 6.43. The van der Waals surface area contributed by atoms with Crippen LogP contribution in [0, 0.1) is 12.7 Å². The summed E-state index contributed by atoms with van der Waals surface area (Å²) in [6.45, 7) is 2.55. The third-order valence-corrected chi connectivity index (χ3v) is 5.93. The van der Waals surface area contributed by atoms with E-state index in [-0.39, 0.29) is 24.0 Å². The van der Waals surface area contributed by atoms with Gasteiger partial charge in [0, 0.05) is 18.5 Å². The molecule has 0 radical (unpaired) electrons. The second-order valence-corrected chi connectivity index (χ2v) is 8.39. The van der Waals surface area contributed by atoms with E-state index in [0.29, 0.717) is 17.1 Å². The summed E-state index contributed by atoms with van der Waals surface area (Å²) in [6, 6.07) is 11.7. The van der Waals surface area contributed by atoms with Gasteiger partial charge >= 0.3 is 0 Å². The first kappa shape index (κ1) is 21.7. The summed E-state index contributed by atoms with van der Waals surface area (Å²) in [4.78, 5) is 29.2. The van der Waals surface area contributed by atoms with Crippen molar-refractivity contribution in [3.8, 4) is 11.4 Å². The molecule has 0 aliphatic carbocycles. The van der Waals surface area contributed by atoms with Crippen LogP contribution in [0.15, 0.2) is 47.5 Å². The number of halogens is 1. The van der Waals surface area contributed by atoms with Crippen molar-refractivity contribution in [3.63, 3.8) is 0 Å². The Morgan fingerprint density at radius 3 is 2.74 bits per heavy atom. The number of carbonyl (C=O) groups excluding carboxylic acids is 2. The van der Waals surface area contributed by atoms with Crippen molar-refractivity contribution in [3.05, 3.63) is 59.7 Å². The Morgan fingerprint density at radius 2 is 1.91 bits per heavy atom. The van der Waals surface area contributed by atoms with Gasteiger partial charge in [0.1, 0.15) is 18.2 Å². The van der Waals surface area contributed by atoms with E-state index in [1.807, 2.05) is 19.1 Å². The Kier molecular flexibility index (Phi) is 5.79. The number of nitrogens with one attached hydrogen (secondary N) is 2. The van der Waals surface area contributed by atoms with E-state index < -0.39 is 11.7 Å². The Morgan fingerprint density at radius 1 is 1.09 bits per heavy atom. The van der Waals surface area contributed by atoms with E-state index in [2.05, 4.69) is 30.5 Å². The smallest absolute Gasteiger partial charge is 0.292 e. The van der Waals surface area contributed by atoms with E-state index in [1.54, 1.807) is 24.3 Å². The van der Waals surface area contributed by atoms with Crippen LogP contribution in [0.4, 0.5) is 15.8 Å². The van der Waals surface area contributed by atoms with Gasteiger partial charge in [0.15, 0.2) is 5.82 Å². The fraction of sp³-hybridized carbons (Fsp3) is 0.292. The van der Waals surface area contributed by atoms with Crippen LogP contribution in [-0.2, 0) is 22.6 Å². The van der Waals surface area contributed by atoms with Gasteiger partial charge < -0.3 is 9.88 Å². The predicted octanol–water partition coefficient (Wildman–Crippen LogP) is 3.01. The topological polar surface area (TPSA) is 105 Å². The lowest BCUT2D eigenvalue weighted by Crippen LogP contribution is -2.54. The van der Waals surface area contributed by atoms with Gasteiger partial charge in [0.2, 0.25) is 5.84 Å². The molecule has 10 heteroatoms. The van der Waals surface area contributed by atoms with Gasteiger partial charge in [-0.3, -0.25) is 20.0 Å². The largest absolute Gasteiger partial charge is 0.317 e. The number of amides is 2. The molecule has 0 atom stereocenters. The van der Waals surface area contributed by atoms with Crippen LogP contribution >= 0.6 is 0 Å². The zero-order chi connectivity index (χ0) is 23.7. The molecule has 0 saturated heterocycles. The number of amidine groups is 1. The fourth-order valence-corrected chi connectivity index (χ4v) is 4.09. The summed E-state index contributed by atoms with van der Waals surface area (Å²) < 4.78 is 16.7. The van der Waals surface area contributed by atoms with Gasteiger partial charge in [0.25, 0.3) is 11.8 Å². The molecule has 3 aromatic rings. The number of rotatable bonds is 4. The Bertz CT molecular complexity index is 1280. The molecule has 3 heterocycles. The van der Waals surface area contributed by atoms with Crippen LogP contribution in [0.2, 0.25) is 0 Å². The summed E-state index contributed by atoms with van der Waals surface area (Å²) in [6.07, 6.45) is 4.09. The second kappa shape index (κ2) is 9.05. The average molecular weight is 462 g/mol. The molecule has 2 aromatic carbocycles. The average Bonchev–Trinajstić information content (AvgIpc) is 3.09. The number of fused-ring (bicyclic) bond motifs is 1. The van der Waals surface area contributed by atoms with Crippen LogP contribution in [0.3, 0.4) is 0 Å². The minimum atomic E-state index is -0.652. The molecule has 2 amide bonds. The Balaban J connectivity index is 1.36. The molecule has 0 saturated carbocycles. The molecule has 0 spiro atoms. The van der Waals surface area contributed by atoms with E-state index in [9.17, 15) is 14.0 Å². The molecular formula is C24H24FN7O2. The fourth-order valence-electron chi connectivity index (χ4n) is 4.09. The number of aryl methyl sites for hydroxylation is 2. The number of hydrazine groups is 1. The van der Waals surface area contributed by atoms with Crippen molar-refractivity contribution in [2.75, 3.05) is 16.9 Å². The maximum atomic E-state index is 14.6. The van der Waals surface area contributed by atoms with Gasteiger partial charge in [-0.15, -0.1) is 10.2 Å². The third kappa shape index (κ3) is 4.26. The number of aliphatic imine (C=N–C) groups is 1. The molecule has 0 bridgehead atoms. The lowest BCUT2D eigenvalue weighted by molar-refractivity contribution is -0.118. The van der Waals surface area contributed by atoms with Crippen molar-refractivity contribution in [2.24, 2.45) is 4.99 Å². The second-order valence-electron chi connectivity index (χ2n) is 8.39. The number of carbonyl (C=O) groups is 2. The monoisotopic (exact) mass is 461 g/mol. The Labute approximate surface area is 195 Å². The summed E-state index contributed by atoms with van der Waals surface area (Å²) in [5.74, 6) is -0.0561. The van der Waals surface area contributed by atoms with Crippen molar-refractivity contribution in [1.82, 2.24) is 20.2 Å². The van der Waals surface area contributed by atoms with Crippen LogP contribution < -0.4 is 15.8 Å². The van der Waals surface area contributed by atoms with Crippen LogP contribution in [0.5, 0.6) is 0 Å². The van der Waals surface area contributed by atoms with E-state index >= 15 is 0 Å². The molecule has 2 N–H and O–H groups in total. The van der Waals surface area contributed by atoms with E-state index in [1.165, 1.54) is 11.1 Å². The van der Waals surface area contributed by atoms with Gasteiger partial charge in [-0.1, -0.05) is 24.1 Å². The first-order valence-corrected chi connectivity index (χ1v) is 11.2. The first-order chi connectivity index (χ1) is 16.5. The maximum Gasteiger partial charge on any atom is 0.292 e. The number of hydrogen-bond acceptors (Lipinski definition) is 6. The molecular weight excluding hydrogens is 437 g/mol. The molecule has 34 heavy (non-hydrogen) atoms. The van der Waals surface area contributed by atoms with Gasteiger partial charge in [-0.2, -0.15) is 0 Å². The SMILES string of the molecule is Cc1ccc(N2NC(C(=O)Nc3cc(-c4nnc5n4CCCCC5)ccc3F)=NCC2=O)cc1. The zero-order valence-corrected chi connectivity index (χ0v) is 18.7. The third-order valence-electron chi connectivity index (χ3n) is 5.93. The highest BCUT2D eigenvalue weighted by atomic mass is 19.1. The quantitative estimate of drug-likeness (QED) is 0.622. The highest BCUT2D eigenvalue weighted by Crippen LogP contribution is 2.26. The van der Waals surface area contributed by atoms with E-state index in [4.69, 9.17) is 0 Å². The lowest BCUT2D eigenvalue weighted by Gasteiger charge is -2.27. The van der Waals surface area contributed by atoms with Gasteiger partial charge in [0.05, 0.1) is 11.4 Å². The molecule has 174 valence electrons. The molecule has 1 aromatic heterocycles. The summed E-state index contributed by atoms with van der Waals surface area (Å²) in [7, 11) is 0. The lowest BCUT2D eigenvalue weighted by atomic mass is 10.1. The van der Waals surface area contributed by atoms with Gasteiger partial charge in [-0.25, -0.2) is 9.40 Å². The Hall–Kier alpha value is -4.08. The summed E-state index contributed by atoms with van der Waals surface area (Å²) >= 11 is 0. The molecule has 2 aliphatic rings. The van der Waals surface area contributed by atoms with E-state index in [0.717, 1.165) is 43.6 Å². The van der Waals surface area contributed by atoms with Crippen molar-refractivity contribution < 1.29 is 14.0 Å². The molecule has 5 rings (SSSR count). The van der Waals surface area contributed by atoms with Crippen LogP contribution in [-0.4, -0.2) is 39.0 Å². The minimum Gasteiger partial charge on any atom is -0.317 e. The summed E-state index contributed by atoms with van der Waals surface area (Å²) in [5, 5.41) is 12.4. The highest BCUT2D eigenvalue weighted by Gasteiger charge is 2.26. The normalized spacial score (nSPS) is 15.8. The number of benzene rings is 2. The van der Waals surface area contributed by atoms with Crippen molar-refractivity contribution in [2.45, 2.75) is 39.2 Å². The predicted molar refractivity (Wildman–Crippen MR) is 126 cm³/mol. The minimum absolute atomic E-state index is 0.00300. The summed E-state index contributed by atoms with van der Waals surface area (Å²) in [5.41, 5.74) is 5.02. The molecule has 0 unspecified atom stereocenters. The zero-order valence-electron chi connectivity index (χ0n) is 18.7. The number of aromatic nitrogens is 3. The standard InChI is InChI=1S/C24H24FN7O2/c1-15-6-9-17(10-7-15)32-21(33)14-26-22(30-32)24(34)27-19-13-16(8-11-18(19)25)23-29-28-20-5-3-2-4-12-31(20)23/h6-11,13H,2-5,12,14H2,1H3,(H,26,30)(H,27,34). The van der Waals surface area contributed by atoms with Crippen molar-refractivity contribution in [1.29, 1.82) is 0 Å². The van der Waals surface area contributed by atoms with Crippen LogP contribution in [0.1, 0.15) is 30.7 Å². The molecule has 2 aliphatic heterocycles. The van der Waals surface area contributed by atoms with Crippen molar-refractivity contribution >= 4 is 29.0 Å². The first-order valence-electron chi connectivity index (χ1n) is 11.2. The van der Waals surface area contributed by atoms with Gasteiger partial charge in [-0.05, 0) is 50.1 Å². The maximum absolute atomic E-state index is 14.6. The number of hydrogen-bond donors (Lipinski definition) is 2. The number of nitrogens with zero attached hydrogens (tertiary/aromatic N) is 5. The molecule has 9 nitrogen and oxygen atoms in total.